The van der Waals surface area contributed by atoms with Gasteiger partial charge in [-0.3, -0.25) is 4.79 Å². The summed E-state index contributed by atoms with van der Waals surface area (Å²) >= 11 is 5.55. The fourth-order valence-electron chi connectivity index (χ4n) is 1.71. The van der Waals surface area contributed by atoms with Crippen LogP contribution in [0, 0.1) is 5.82 Å². The Morgan fingerprint density at radius 2 is 2.16 bits per heavy atom. The summed E-state index contributed by atoms with van der Waals surface area (Å²) in [6.07, 6.45) is 2.79. The smallest absolute Gasteiger partial charge is 0.313 e. The van der Waals surface area contributed by atoms with Crippen molar-refractivity contribution in [2.45, 2.75) is 52.1 Å². The molecule has 1 heterocycles. The van der Waals surface area contributed by atoms with Gasteiger partial charge in [0.05, 0.1) is 5.92 Å². The van der Waals surface area contributed by atoms with Gasteiger partial charge in [0, 0.05) is 6.20 Å². The zero-order valence-corrected chi connectivity index (χ0v) is 12.4. The van der Waals surface area contributed by atoms with Crippen LogP contribution >= 0.6 is 11.6 Å². The van der Waals surface area contributed by atoms with Crippen LogP contribution < -0.4 is 0 Å². The predicted octanol–water partition coefficient (Wildman–Crippen LogP) is 4.10. The third-order valence-electron chi connectivity index (χ3n) is 2.49. The van der Waals surface area contributed by atoms with E-state index >= 15 is 0 Å². The third-order valence-corrected chi connectivity index (χ3v) is 2.77. The summed E-state index contributed by atoms with van der Waals surface area (Å²) in [6.45, 7) is 7.36. The standard InChI is InChI=1S/C14H19ClFNO2/c1-5-6-10(13(18)19-14(2,3)4)9-7-11(16)12(15)17-8-9/h7-8,10H,5-6H2,1-4H3. The third kappa shape index (κ3) is 4.78. The van der Waals surface area contributed by atoms with Crippen LogP contribution in [-0.4, -0.2) is 16.6 Å². The molecule has 106 valence electrons. The first kappa shape index (κ1) is 15.9. The van der Waals surface area contributed by atoms with Crippen molar-refractivity contribution < 1.29 is 13.9 Å². The molecule has 0 saturated carbocycles. The minimum absolute atomic E-state index is 0.191. The van der Waals surface area contributed by atoms with Gasteiger partial charge in [0.25, 0.3) is 0 Å². The quantitative estimate of drug-likeness (QED) is 0.618. The summed E-state index contributed by atoms with van der Waals surface area (Å²) in [6, 6.07) is 1.25. The lowest BCUT2D eigenvalue weighted by Crippen LogP contribution is -2.28. The summed E-state index contributed by atoms with van der Waals surface area (Å²) in [7, 11) is 0. The molecule has 1 unspecified atom stereocenters. The van der Waals surface area contributed by atoms with Crippen LogP contribution in [0.2, 0.25) is 5.15 Å². The lowest BCUT2D eigenvalue weighted by atomic mass is 9.95. The number of rotatable bonds is 4. The second kappa shape index (κ2) is 6.33. The predicted molar refractivity (Wildman–Crippen MR) is 72.7 cm³/mol. The Morgan fingerprint density at radius 3 is 2.63 bits per heavy atom. The van der Waals surface area contributed by atoms with E-state index in [2.05, 4.69) is 4.98 Å². The number of esters is 1. The number of carbonyl (C=O) groups is 1. The normalized spacial score (nSPS) is 13.2. The van der Waals surface area contributed by atoms with Gasteiger partial charge in [-0.2, -0.15) is 0 Å². The molecule has 0 bridgehead atoms. The van der Waals surface area contributed by atoms with Crippen LogP contribution in [-0.2, 0) is 9.53 Å². The van der Waals surface area contributed by atoms with Gasteiger partial charge in [-0.25, -0.2) is 9.37 Å². The van der Waals surface area contributed by atoms with E-state index in [0.717, 1.165) is 6.42 Å². The highest BCUT2D eigenvalue weighted by Gasteiger charge is 2.26. The molecule has 1 aromatic rings. The van der Waals surface area contributed by atoms with Gasteiger partial charge in [0.15, 0.2) is 11.0 Å². The molecule has 0 aliphatic rings. The average molecular weight is 288 g/mol. The minimum atomic E-state index is -0.621. The van der Waals surface area contributed by atoms with Crippen molar-refractivity contribution in [1.82, 2.24) is 4.98 Å². The van der Waals surface area contributed by atoms with Crippen LogP contribution in [0.15, 0.2) is 12.3 Å². The summed E-state index contributed by atoms with van der Waals surface area (Å²) in [5, 5.41) is -0.191. The highest BCUT2D eigenvalue weighted by Crippen LogP contribution is 2.26. The van der Waals surface area contributed by atoms with Crippen LogP contribution in [0.1, 0.15) is 52.0 Å². The molecule has 0 aliphatic heterocycles. The van der Waals surface area contributed by atoms with Crippen molar-refractivity contribution >= 4 is 17.6 Å². The maximum absolute atomic E-state index is 13.4. The summed E-state index contributed by atoms with van der Waals surface area (Å²) in [4.78, 5) is 15.9. The number of hydrogen-bond acceptors (Lipinski definition) is 3. The van der Waals surface area contributed by atoms with E-state index in [1.807, 2.05) is 6.92 Å². The van der Waals surface area contributed by atoms with Gasteiger partial charge in [-0.15, -0.1) is 0 Å². The van der Waals surface area contributed by atoms with Gasteiger partial charge in [0.1, 0.15) is 5.60 Å². The lowest BCUT2D eigenvalue weighted by Gasteiger charge is -2.24. The van der Waals surface area contributed by atoms with Crippen LogP contribution in [0.5, 0.6) is 0 Å². The number of ether oxygens (including phenoxy) is 1. The summed E-state index contributed by atoms with van der Waals surface area (Å²) < 4.78 is 18.8. The Hall–Kier alpha value is -1.16. The Labute approximate surface area is 118 Å². The molecule has 19 heavy (non-hydrogen) atoms. The Bertz CT molecular complexity index is 457. The maximum Gasteiger partial charge on any atom is 0.313 e. The molecule has 5 heteroatoms. The van der Waals surface area contributed by atoms with E-state index in [-0.39, 0.29) is 11.1 Å². The van der Waals surface area contributed by atoms with Crippen molar-refractivity contribution in [2.24, 2.45) is 0 Å². The molecule has 0 saturated heterocycles. The lowest BCUT2D eigenvalue weighted by molar-refractivity contribution is -0.157. The molecule has 1 aromatic heterocycles. The van der Waals surface area contributed by atoms with Gasteiger partial charge >= 0.3 is 5.97 Å². The Balaban J connectivity index is 2.99. The summed E-state index contributed by atoms with van der Waals surface area (Å²) in [5.41, 5.74) is -0.0698. The van der Waals surface area contributed by atoms with Crippen molar-refractivity contribution in [3.63, 3.8) is 0 Å². The second-order valence-electron chi connectivity index (χ2n) is 5.42. The van der Waals surface area contributed by atoms with E-state index < -0.39 is 17.3 Å². The maximum atomic E-state index is 13.4. The molecule has 0 spiro atoms. The van der Waals surface area contributed by atoms with E-state index in [4.69, 9.17) is 16.3 Å². The summed E-state index contributed by atoms with van der Waals surface area (Å²) in [5.74, 6) is -1.50. The molecule has 0 radical (unpaired) electrons. The van der Waals surface area contributed by atoms with E-state index in [0.29, 0.717) is 12.0 Å². The van der Waals surface area contributed by atoms with Crippen molar-refractivity contribution in [3.8, 4) is 0 Å². The van der Waals surface area contributed by atoms with Crippen molar-refractivity contribution in [2.75, 3.05) is 0 Å². The fraction of sp³-hybridized carbons (Fsp3) is 0.571. The van der Waals surface area contributed by atoms with Crippen LogP contribution in [0.25, 0.3) is 0 Å². The molecule has 0 N–H and O–H groups in total. The van der Waals surface area contributed by atoms with Gasteiger partial charge in [-0.05, 0) is 38.8 Å². The van der Waals surface area contributed by atoms with Crippen molar-refractivity contribution in [1.29, 1.82) is 0 Å². The van der Waals surface area contributed by atoms with Gasteiger partial charge in [-0.1, -0.05) is 24.9 Å². The number of pyridine rings is 1. The second-order valence-corrected chi connectivity index (χ2v) is 5.77. The highest BCUT2D eigenvalue weighted by atomic mass is 35.5. The number of nitrogens with zero attached hydrogens (tertiary/aromatic N) is 1. The topological polar surface area (TPSA) is 39.2 Å². The first-order chi connectivity index (χ1) is 8.74. The zero-order chi connectivity index (χ0) is 14.6. The monoisotopic (exact) mass is 287 g/mol. The molecule has 0 fully saturated rings. The molecule has 0 amide bonds. The van der Waals surface area contributed by atoms with E-state index in [9.17, 15) is 9.18 Å². The van der Waals surface area contributed by atoms with E-state index in [1.165, 1.54) is 12.3 Å². The Morgan fingerprint density at radius 1 is 1.53 bits per heavy atom. The molecule has 0 aromatic carbocycles. The Kier molecular flexibility index (Phi) is 5.29. The van der Waals surface area contributed by atoms with Crippen LogP contribution in [0.3, 0.4) is 0 Å². The zero-order valence-electron chi connectivity index (χ0n) is 11.7. The largest absolute Gasteiger partial charge is 0.459 e. The first-order valence-electron chi connectivity index (χ1n) is 6.28. The number of aromatic nitrogens is 1. The molecule has 1 atom stereocenters. The molecule has 1 rings (SSSR count). The SMILES string of the molecule is CCCC(C(=O)OC(C)(C)C)c1cnc(Cl)c(F)c1. The fourth-order valence-corrected chi connectivity index (χ4v) is 1.81. The molecule has 0 aliphatic carbocycles. The minimum Gasteiger partial charge on any atom is -0.459 e. The van der Waals surface area contributed by atoms with Crippen LogP contribution in [0.4, 0.5) is 4.39 Å². The molecule has 3 nitrogen and oxygen atoms in total. The number of halogens is 2. The van der Waals surface area contributed by atoms with Gasteiger partial charge in [0.2, 0.25) is 0 Å². The van der Waals surface area contributed by atoms with Gasteiger partial charge < -0.3 is 4.74 Å². The number of hydrogen-bond donors (Lipinski definition) is 0. The van der Waals surface area contributed by atoms with Crippen molar-refractivity contribution in [3.05, 3.63) is 28.8 Å². The first-order valence-corrected chi connectivity index (χ1v) is 6.66. The molecular formula is C14H19ClFNO2. The highest BCUT2D eigenvalue weighted by molar-refractivity contribution is 6.29. The average Bonchev–Trinajstić information content (AvgIpc) is 2.27. The molecular weight excluding hydrogens is 269 g/mol. The number of carbonyl (C=O) groups excluding carboxylic acids is 1. The van der Waals surface area contributed by atoms with E-state index in [1.54, 1.807) is 20.8 Å².